The molecule has 3 aromatic rings. The van der Waals surface area contributed by atoms with Crippen LogP contribution in [0.25, 0.3) is 5.65 Å². The summed E-state index contributed by atoms with van der Waals surface area (Å²) < 4.78 is 45.0. The van der Waals surface area contributed by atoms with Gasteiger partial charge in [0.1, 0.15) is 36.4 Å². The number of nitrogen functional groups attached to an aromatic ring is 1. The number of benzene rings is 1. The summed E-state index contributed by atoms with van der Waals surface area (Å²) >= 11 is 0. The summed E-state index contributed by atoms with van der Waals surface area (Å²) in [5.41, 5.74) is 5.58. The molecule has 220 valence electrons. The molecular weight excluding hydrogens is 555 g/mol. The highest BCUT2D eigenvalue weighted by molar-refractivity contribution is 7.52. The SMILES string of the molecule is CCOC(=O)C(C)NP(=O)(Oc1ccccc1)OC1C2OC(c3cnc4c(N)ncnn34)C(C)C21OC(=O)C(C)C. The van der Waals surface area contributed by atoms with Crippen LogP contribution in [0.3, 0.4) is 0 Å². The van der Waals surface area contributed by atoms with Crippen LogP contribution >= 0.6 is 7.75 Å². The molecule has 1 aliphatic carbocycles. The van der Waals surface area contributed by atoms with Gasteiger partial charge in [-0.2, -0.15) is 10.2 Å². The predicted molar refractivity (Wildman–Crippen MR) is 144 cm³/mol. The average Bonchev–Trinajstić information content (AvgIpc) is 3.19. The first kappa shape index (κ1) is 28.9. The van der Waals surface area contributed by atoms with Gasteiger partial charge in [-0.05, 0) is 26.0 Å². The Hall–Kier alpha value is -3.58. The predicted octanol–water partition coefficient (Wildman–Crippen LogP) is 2.85. The molecule has 0 radical (unpaired) electrons. The highest BCUT2D eigenvalue weighted by Crippen LogP contribution is 2.66. The molecule has 2 aromatic heterocycles. The van der Waals surface area contributed by atoms with Crippen LogP contribution in [0.15, 0.2) is 42.9 Å². The van der Waals surface area contributed by atoms with E-state index in [-0.39, 0.29) is 18.2 Å². The maximum atomic E-state index is 14.2. The Morgan fingerprint density at radius 2 is 1.93 bits per heavy atom. The number of carbonyl (C=O) groups is 2. The Balaban J connectivity index is 1.46. The molecule has 1 aliphatic heterocycles. The molecule has 1 saturated carbocycles. The minimum Gasteiger partial charge on any atom is -0.465 e. The number of anilines is 1. The van der Waals surface area contributed by atoms with E-state index in [1.54, 1.807) is 57.3 Å². The van der Waals surface area contributed by atoms with Crippen LogP contribution in [-0.4, -0.2) is 62.0 Å². The summed E-state index contributed by atoms with van der Waals surface area (Å²) in [7, 11) is -4.26. The van der Waals surface area contributed by atoms with Crippen LogP contribution in [0.1, 0.15) is 46.4 Å². The molecule has 7 atom stereocenters. The van der Waals surface area contributed by atoms with Crippen molar-refractivity contribution in [1.29, 1.82) is 0 Å². The third-order valence-corrected chi connectivity index (χ3v) is 8.78. The number of rotatable bonds is 11. The van der Waals surface area contributed by atoms with Crippen LogP contribution < -0.4 is 15.3 Å². The summed E-state index contributed by atoms with van der Waals surface area (Å²) in [4.78, 5) is 33.6. The minimum absolute atomic E-state index is 0.140. The number of nitrogens with one attached hydrogen (secondary N) is 1. The first-order chi connectivity index (χ1) is 19.5. The van der Waals surface area contributed by atoms with Gasteiger partial charge in [0.25, 0.3) is 0 Å². The fraction of sp³-hybridized carbons (Fsp3) is 0.500. The van der Waals surface area contributed by atoms with Gasteiger partial charge >= 0.3 is 19.7 Å². The number of esters is 2. The smallest absolute Gasteiger partial charge is 0.459 e. The van der Waals surface area contributed by atoms with E-state index in [2.05, 4.69) is 20.2 Å². The molecule has 15 heteroatoms. The molecule has 0 bridgehead atoms. The van der Waals surface area contributed by atoms with Crippen molar-refractivity contribution < 1.29 is 37.4 Å². The number of imidazole rings is 1. The number of carbonyl (C=O) groups excluding carboxylic acids is 2. The van der Waals surface area contributed by atoms with Crippen molar-refractivity contribution in [1.82, 2.24) is 24.7 Å². The molecule has 1 aromatic carbocycles. The lowest BCUT2D eigenvalue weighted by molar-refractivity contribution is -0.160. The van der Waals surface area contributed by atoms with Crippen molar-refractivity contribution in [2.24, 2.45) is 11.8 Å². The number of para-hydroxylation sites is 1. The lowest BCUT2D eigenvalue weighted by Crippen LogP contribution is -2.38. The van der Waals surface area contributed by atoms with Gasteiger partial charge in [-0.1, -0.05) is 39.0 Å². The van der Waals surface area contributed by atoms with E-state index in [1.165, 1.54) is 17.8 Å². The lowest BCUT2D eigenvalue weighted by Gasteiger charge is -2.29. The second kappa shape index (κ2) is 11.0. The van der Waals surface area contributed by atoms with Crippen LogP contribution in [0.5, 0.6) is 5.75 Å². The van der Waals surface area contributed by atoms with E-state index in [4.69, 9.17) is 29.0 Å². The number of ether oxygens (including phenoxy) is 3. The van der Waals surface area contributed by atoms with Gasteiger partial charge in [0.15, 0.2) is 17.1 Å². The number of hydrogen-bond acceptors (Lipinski definition) is 12. The molecule has 0 spiro atoms. The lowest BCUT2D eigenvalue weighted by atomic mass is 9.95. The Morgan fingerprint density at radius 3 is 2.61 bits per heavy atom. The van der Waals surface area contributed by atoms with E-state index in [0.717, 1.165) is 0 Å². The van der Waals surface area contributed by atoms with E-state index < -0.39 is 61.5 Å². The molecular formula is C26H33N6O8P. The number of aromatic nitrogens is 4. The van der Waals surface area contributed by atoms with Crippen LogP contribution in [-0.2, 0) is 32.9 Å². The molecule has 0 amide bonds. The van der Waals surface area contributed by atoms with Gasteiger partial charge in [0.05, 0.1) is 24.4 Å². The molecule has 7 unspecified atom stereocenters. The molecule has 2 aliphatic rings. The number of hydrogen-bond donors (Lipinski definition) is 2. The number of nitrogens with zero attached hydrogens (tertiary/aromatic N) is 4. The first-order valence-corrected chi connectivity index (χ1v) is 14.8. The summed E-state index contributed by atoms with van der Waals surface area (Å²) in [6.07, 6.45) is 0.479. The Morgan fingerprint density at radius 1 is 1.20 bits per heavy atom. The topological polar surface area (TPSA) is 178 Å². The van der Waals surface area contributed by atoms with Gasteiger partial charge in [0, 0.05) is 5.92 Å². The third kappa shape index (κ3) is 5.28. The maximum Gasteiger partial charge on any atom is 0.459 e. The van der Waals surface area contributed by atoms with E-state index in [0.29, 0.717) is 11.3 Å². The number of fused-ring (bicyclic) bond motifs is 2. The zero-order valence-corrected chi connectivity index (χ0v) is 24.2. The molecule has 5 rings (SSSR count). The monoisotopic (exact) mass is 588 g/mol. The highest BCUT2D eigenvalue weighted by atomic mass is 31.2. The van der Waals surface area contributed by atoms with Gasteiger partial charge in [-0.15, -0.1) is 0 Å². The summed E-state index contributed by atoms with van der Waals surface area (Å²) in [5, 5.41) is 6.91. The molecule has 41 heavy (non-hydrogen) atoms. The summed E-state index contributed by atoms with van der Waals surface area (Å²) in [6.45, 7) is 8.54. The van der Waals surface area contributed by atoms with Gasteiger partial charge in [-0.3, -0.25) is 14.1 Å². The Kier molecular flexibility index (Phi) is 7.77. The Bertz CT molecular complexity index is 1490. The minimum atomic E-state index is -4.26. The van der Waals surface area contributed by atoms with Crippen LogP contribution in [0, 0.1) is 11.8 Å². The molecule has 3 heterocycles. The molecule has 1 saturated heterocycles. The highest BCUT2D eigenvalue weighted by Gasteiger charge is 2.81. The van der Waals surface area contributed by atoms with Crippen molar-refractivity contribution in [3.8, 4) is 5.75 Å². The van der Waals surface area contributed by atoms with Crippen molar-refractivity contribution in [2.45, 2.75) is 64.6 Å². The van der Waals surface area contributed by atoms with Crippen molar-refractivity contribution >= 4 is 31.2 Å². The average molecular weight is 589 g/mol. The van der Waals surface area contributed by atoms with Crippen LogP contribution in [0.2, 0.25) is 0 Å². The quantitative estimate of drug-likeness (QED) is 0.247. The van der Waals surface area contributed by atoms with E-state index in [1.807, 2.05) is 6.92 Å². The summed E-state index contributed by atoms with van der Waals surface area (Å²) in [5.74, 6) is -1.62. The molecule has 14 nitrogen and oxygen atoms in total. The largest absolute Gasteiger partial charge is 0.465 e. The second-order valence-electron chi connectivity index (χ2n) is 10.3. The van der Waals surface area contributed by atoms with Crippen LogP contribution in [0.4, 0.5) is 5.82 Å². The van der Waals surface area contributed by atoms with Gasteiger partial charge in [0.2, 0.25) is 0 Å². The second-order valence-corrected chi connectivity index (χ2v) is 11.9. The normalized spacial score (nSPS) is 27.2. The molecule has 2 fully saturated rings. The van der Waals surface area contributed by atoms with E-state index >= 15 is 0 Å². The van der Waals surface area contributed by atoms with Crippen molar-refractivity contribution in [3.63, 3.8) is 0 Å². The number of nitrogens with two attached hydrogens (primary N) is 1. The zero-order chi connectivity index (χ0) is 29.5. The first-order valence-electron chi connectivity index (χ1n) is 13.3. The van der Waals surface area contributed by atoms with Crippen molar-refractivity contribution in [2.75, 3.05) is 12.3 Å². The van der Waals surface area contributed by atoms with E-state index in [9.17, 15) is 14.2 Å². The Labute approximate surface area is 236 Å². The fourth-order valence-electron chi connectivity index (χ4n) is 4.95. The standard InChI is InChI=1S/C26H33N6O8P/c1-6-36-25(34)16(5)31-41(35,39-17-10-8-7-9-11-17)40-21-20-26(21,38-24(33)14(2)3)15(4)19(37-20)18-12-28-23-22(27)29-13-30-32(18)23/h7-16,19-21H,6H2,1-5H3,(H,31,35)(H2,27,29,30). The summed E-state index contributed by atoms with van der Waals surface area (Å²) in [6, 6.07) is 7.34. The van der Waals surface area contributed by atoms with Gasteiger partial charge in [-0.25, -0.2) is 19.0 Å². The fourth-order valence-corrected chi connectivity index (χ4v) is 6.66. The molecule has 3 N–H and O–H groups in total. The zero-order valence-electron chi connectivity index (χ0n) is 23.3. The van der Waals surface area contributed by atoms with Crippen molar-refractivity contribution in [3.05, 3.63) is 48.5 Å². The third-order valence-electron chi connectivity index (χ3n) is 7.12. The maximum absolute atomic E-state index is 14.2. The van der Waals surface area contributed by atoms with Gasteiger partial charge < -0.3 is 24.5 Å².